The number of ether oxygens (including phenoxy) is 1. The molecule has 0 aliphatic rings. The van der Waals surface area contributed by atoms with Crippen molar-refractivity contribution in [1.82, 2.24) is 0 Å². The molecule has 1 aromatic rings. The molecule has 0 aliphatic carbocycles. The van der Waals surface area contributed by atoms with Gasteiger partial charge in [0.1, 0.15) is 0 Å². The Morgan fingerprint density at radius 2 is 1.55 bits per heavy atom. The van der Waals surface area contributed by atoms with E-state index in [9.17, 15) is 4.79 Å². The van der Waals surface area contributed by atoms with Gasteiger partial charge in [-0.3, -0.25) is 0 Å². The minimum atomic E-state index is -2.10. The summed E-state index contributed by atoms with van der Waals surface area (Å²) in [5, 5.41) is 0.0249. The molecule has 1 aromatic carbocycles. The lowest BCUT2D eigenvalue weighted by molar-refractivity contribution is -0.159. The van der Waals surface area contributed by atoms with Crippen LogP contribution in [-0.4, -0.2) is 21.4 Å². The molecule has 0 radical (unpaired) electrons. The van der Waals surface area contributed by atoms with Gasteiger partial charge in [-0.2, -0.15) is 0 Å². The highest BCUT2D eigenvalue weighted by Gasteiger charge is 2.47. The van der Waals surface area contributed by atoms with Crippen molar-refractivity contribution in [3.63, 3.8) is 0 Å². The minimum Gasteiger partial charge on any atom is -0.467 e. The van der Waals surface area contributed by atoms with Crippen LogP contribution in [0.1, 0.15) is 33.3 Å². The van der Waals surface area contributed by atoms with E-state index >= 15 is 0 Å². The first-order chi connectivity index (χ1) is 9.04. The topological polar surface area (TPSA) is 35.5 Å². The maximum atomic E-state index is 12.3. The van der Waals surface area contributed by atoms with Crippen molar-refractivity contribution in [1.29, 1.82) is 0 Å². The number of esters is 1. The summed E-state index contributed by atoms with van der Waals surface area (Å²) in [6.07, 6.45) is 0. The van der Waals surface area contributed by atoms with E-state index in [4.69, 9.17) is 9.16 Å². The maximum Gasteiger partial charge on any atom is 0.341 e. The minimum absolute atomic E-state index is 0.0249. The fourth-order valence-electron chi connectivity index (χ4n) is 1.83. The summed E-state index contributed by atoms with van der Waals surface area (Å²) in [6, 6.07) is 9.55. The Labute approximate surface area is 123 Å². The average molecular weight is 294 g/mol. The van der Waals surface area contributed by atoms with Gasteiger partial charge in [-0.1, -0.05) is 51.1 Å². The molecular formula is C16H26O3Si. The Bertz CT molecular complexity index is 462. The quantitative estimate of drug-likeness (QED) is 0.619. The zero-order valence-corrected chi connectivity index (χ0v) is 14.6. The summed E-state index contributed by atoms with van der Waals surface area (Å²) in [6.45, 7) is 12.5. The lowest BCUT2D eigenvalue weighted by Gasteiger charge is -2.42. The zero-order valence-electron chi connectivity index (χ0n) is 13.6. The highest BCUT2D eigenvalue weighted by atomic mass is 28.4. The SMILES string of the molecule is COC(=O)C(C)(O[Si](C)(C)C(C)(C)C)c1ccccc1. The van der Waals surface area contributed by atoms with Crippen molar-refractivity contribution in [2.75, 3.05) is 7.11 Å². The molecule has 0 spiro atoms. The summed E-state index contributed by atoms with van der Waals surface area (Å²) in [5.74, 6) is -0.353. The molecule has 0 saturated heterocycles. The Kier molecular flexibility index (Phi) is 4.82. The molecule has 3 nitrogen and oxygen atoms in total. The van der Waals surface area contributed by atoms with Crippen LogP contribution in [0.5, 0.6) is 0 Å². The van der Waals surface area contributed by atoms with Crippen LogP contribution < -0.4 is 0 Å². The first-order valence-corrected chi connectivity index (χ1v) is 9.79. The second-order valence-electron chi connectivity index (χ2n) is 6.75. The van der Waals surface area contributed by atoms with Crippen molar-refractivity contribution in [2.45, 2.75) is 51.4 Å². The van der Waals surface area contributed by atoms with Crippen LogP contribution in [0.25, 0.3) is 0 Å². The molecule has 0 heterocycles. The lowest BCUT2D eigenvalue weighted by atomic mass is 9.96. The van der Waals surface area contributed by atoms with Gasteiger partial charge in [0.25, 0.3) is 0 Å². The molecule has 0 aliphatic heterocycles. The number of hydrogen-bond acceptors (Lipinski definition) is 3. The third-order valence-corrected chi connectivity index (χ3v) is 8.70. The number of carbonyl (C=O) groups excluding carboxylic acids is 1. The third-order valence-electron chi connectivity index (χ3n) is 4.17. The summed E-state index contributed by atoms with van der Waals surface area (Å²) in [5.41, 5.74) is -0.226. The zero-order chi connectivity index (χ0) is 15.6. The van der Waals surface area contributed by atoms with Gasteiger partial charge in [0.15, 0.2) is 13.9 Å². The third kappa shape index (κ3) is 3.30. The van der Waals surface area contributed by atoms with Gasteiger partial charge in [-0.25, -0.2) is 4.79 Å². The van der Waals surface area contributed by atoms with Crippen LogP contribution in [0.3, 0.4) is 0 Å². The van der Waals surface area contributed by atoms with E-state index in [2.05, 4.69) is 33.9 Å². The number of carbonyl (C=O) groups is 1. The van der Waals surface area contributed by atoms with E-state index in [0.717, 1.165) is 5.56 Å². The molecular weight excluding hydrogens is 268 g/mol. The van der Waals surface area contributed by atoms with Crippen LogP contribution in [0, 0.1) is 0 Å². The van der Waals surface area contributed by atoms with Gasteiger partial charge in [0.05, 0.1) is 7.11 Å². The van der Waals surface area contributed by atoms with Crippen molar-refractivity contribution in [2.24, 2.45) is 0 Å². The van der Waals surface area contributed by atoms with Crippen LogP contribution in [0.2, 0.25) is 18.1 Å². The van der Waals surface area contributed by atoms with Gasteiger partial charge < -0.3 is 9.16 Å². The Hall–Kier alpha value is -1.13. The molecule has 4 heteroatoms. The molecule has 0 amide bonds. The number of methoxy groups -OCH3 is 1. The second kappa shape index (κ2) is 5.70. The van der Waals surface area contributed by atoms with Gasteiger partial charge in [0.2, 0.25) is 0 Å². The summed E-state index contributed by atoms with van der Waals surface area (Å²) in [7, 11) is -0.702. The number of hydrogen-bond donors (Lipinski definition) is 0. The highest BCUT2D eigenvalue weighted by Crippen LogP contribution is 2.42. The highest BCUT2D eigenvalue weighted by molar-refractivity contribution is 6.74. The smallest absolute Gasteiger partial charge is 0.341 e. The normalized spacial score (nSPS) is 15.6. The molecule has 20 heavy (non-hydrogen) atoms. The van der Waals surface area contributed by atoms with Gasteiger partial charge >= 0.3 is 5.97 Å². The molecule has 112 valence electrons. The van der Waals surface area contributed by atoms with E-state index in [-0.39, 0.29) is 11.0 Å². The van der Waals surface area contributed by atoms with E-state index in [1.54, 1.807) is 6.92 Å². The van der Waals surface area contributed by atoms with Gasteiger partial charge in [0, 0.05) is 0 Å². The fraction of sp³-hybridized carbons (Fsp3) is 0.562. The standard InChI is InChI=1S/C16H26O3Si/c1-15(2,3)20(6,7)19-16(4,14(17)18-5)13-11-9-8-10-12-13/h8-12H,1-7H3. The molecule has 1 unspecified atom stereocenters. The average Bonchev–Trinajstić information content (AvgIpc) is 2.36. The summed E-state index contributed by atoms with van der Waals surface area (Å²) >= 11 is 0. The molecule has 0 aromatic heterocycles. The first-order valence-electron chi connectivity index (χ1n) is 6.89. The summed E-state index contributed by atoms with van der Waals surface area (Å²) in [4.78, 5) is 12.3. The van der Waals surface area contributed by atoms with E-state index in [1.807, 2.05) is 30.3 Å². The van der Waals surface area contributed by atoms with E-state index in [1.165, 1.54) is 7.11 Å². The van der Waals surface area contributed by atoms with Crippen LogP contribution >= 0.6 is 0 Å². The van der Waals surface area contributed by atoms with Crippen molar-refractivity contribution < 1.29 is 14.0 Å². The molecule has 0 N–H and O–H groups in total. The predicted molar refractivity (Wildman–Crippen MR) is 84.1 cm³/mol. The van der Waals surface area contributed by atoms with Crippen molar-refractivity contribution in [3.05, 3.63) is 35.9 Å². The van der Waals surface area contributed by atoms with Crippen LogP contribution in [-0.2, 0) is 19.6 Å². The molecule has 0 saturated carbocycles. The lowest BCUT2D eigenvalue weighted by Crippen LogP contribution is -2.50. The largest absolute Gasteiger partial charge is 0.467 e. The predicted octanol–water partition coefficient (Wildman–Crippen LogP) is 4.10. The first kappa shape index (κ1) is 16.9. The second-order valence-corrected chi connectivity index (χ2v) is 11.5. The van der Waals surface area contributed by atoms with Gasteiger partial charge in [-0.05, 0) is 30.6 Å². The Morgan fingerprint density at radius 1 is 1.05 bits per heavy atom. The van der Waals surface area contributed by atoms with E-state index < -0.39 is 13.9 Å². The molecule has 1 atom stereocenters. The Morgan fingerprint density at radius 3 is 1.95 bits per heavy atom. The van der Waals surface area contributed by atoms with Crippen LogP contribution in [0.4, 0.5) is 0 Å². The Balaban J connectivity index is 3.25. The number of rotatable bonds is 4. The monoisotopic (exact) mass is 294 g/mol. The van der Waals surface area contributed by atoms with E-state index in [0.29, 0.717) is 0 Å². The van der Waals surface area contributed by atoms with Crippen molar-refractivity contribution >= 4 is 14.3 Å². The van der Waals surface area contributed by atoms with Crippen molar-refractivity contribution in [3.8, 4) is 0 Å². The molecule has 1 rings (SSSR count). The molecule has 0 fully saturated rings. The maximum absolute atomic E-state index is 12.3. The number of benzene rings is 1. The van der Waals surface area contributed by atoms with Crippen LogP contribution in [0.15, 0.2) is 30.3 Å². The summed E-state index contributed by atoms with van der Waals surface area (Å²) < 4.78 is 11.4. The van der Waals surface area contributed by atoms with Gasteiger partial charge in [-0.15, -0.1) is 0 Å². The molecule has 0 bridgehead atoms. The fourth-order valence-corrected chi connectivity index (χ4v) is 3.36.